The molecule has 3 nitrogen and oxygen atoms in total. The largest absolute Gasteiger partial charge is 0.387 e. The monoisotopic (exact) mass is 190 g/mol. The molecule has 0 fully saturated rings. The Balaban J connectivity index is 3.39. The standard InChI is InChI=1S/C8H18N2OS/c1-3-5-8(9)10-6-4-7-12(2)11/h3-7H2,1-2H3,(H2,9,10). The molecule has 0 amide bonds. The number of hydrogen-bond donors (Lipinski definition) is 1. The van der Waals surface area contributed by atoms with Gasteiger partial charge >= 0.3 is 0 Å². The van der Waals surface area contributed by atoms with Gasteiger partial charge in [0.15, 0.2) is 0 Å². The zero-order valence-corrected chi connectivity index (χ0v) is 8.69. The van der Waals surface area contributed by atoms with E-state index in [0.29, 0.717) is 6.54 Å². The zero-order valence-electron chi connectivity index (χ0n) is 7.88. The number of hydrogen-bond acceptors (Lipinski definition) is 2. The van der Waals surface area contributed by atoms with Crippen molar-refractivity contribution in [2.24, 2.45) is 10.7 Å². The molecule has 0 rings (SSSR count). The Morgan fingerprint density at radius 3 is 2.75 bits per heavy atom. The van der Waals surface area contributed by atoms with Crippen LogP contribution < -0.4 is 5.73 Å². The molecule has 0 heterocycles. The van der Waals surface area contributed by atoms with Gasteiger partial charge in [0.05, 0.1) is 5.84 Å². The van der Waals surface area contributed by atoms with Crippen LogP contribution in [0.5, 0.6) is 0 Å². The summed E-state index contributed by atoms with van der Waals surface area (Å²) in [5.41, 5.74) is 5.58. The summed E-state index contributed by atoms with van der Waals surface area (Å²) < 4.78 is 10.6. The lowest BCUT2D eigenvalue weighted by Gasteiger charge is -1.97. The Morgan fingerprint density at radius 1 is 1.58 bits per heavy atom. The lowest BCUT2D eigenvalue weighted by Crippen LogP contribution is -2.12. The van der Waals surface area contributed by atoms with E-state index in [2.05, 4.69) is 11.9 Å². The first-order chi connectivity index (χ1) is 5.66. The molecular formula is C8H18N2OS. The normalized spacial score (nSPS) is 14.7. The zero-order chi connectivity index (χ0) is 9.40. The second-order valence-corrected chi connectivity index (χ2v) is 4.31. The summed E-state index contributed by atoms with van der Waals surface area (Å²) in [7, 11) is -0.694. The van der Waals surface area contributed by atoms with E-state index in [4.69, 9.17) is 5.73 Å². The second kappa shape index (κ2) is 7.28. The number of amidine groups is 1. The van der Waals surface area contributed by atoms with Gasteiger partial charge in [0, 0.05) is 35.8 Å². The molecule has 2 N–H and O–H groups in total. The maximum absolute atomic E-state index is 10.6. The summed E-state index contributed by atoms with van der Waals surface area (Å²) in [6.45, 7) is 2.79. The van der Waals surface area contributed by atoms with E-state index in [0.717, 1.165) is 30.9 Å². The molecule has 0 aliphatic heterocycles. The van der Waals surface area contributed by atoms with E-state index >= 15 is 0 Å². The van der Waals surface area contributed by atoms with Crippen molar-refractivity contribution in [1.29, 1.82) is 0 Å². The fourth-order valence-electron chi connectivity index (χ4n) is 0.826. The highest BCUT2D eigenvalue weighted by molar-refractivity contribution is 7.84. The molecule has 0 saturated carbocycles. The van der Waals surface area contributed by atoms with E-state index in [1.165, 1.54) is 0 Å². The predicted molar refractivity (Wildman–Crippen MR) is 54.9 cm³/mol. The van der Waals surface area contributed by atoms with Gasteiger partial charge in [-0.25, -0.2) is 0 Å². The highest BCUT2D eigenvalue weighted by Gasteiger charge is 1.91. The van der Waals surface area contributed by atoms with E-state index in [9.17, 15) is 4.21 Å². The van der Waals surface area contributed by atoms with Crippen LogP contribution in [0.25, 0.3) is 0 Å². The molecule has 0 saturated heterocycles. The molecule has 1 atom stereocenters. The average molecular weight is 190 g/mol. The maximum atomic E-state index is 10.6. The summed E-state index contributed by atoms with van der Waals surface area (Å²) in [6, 6.07) is 0. The van der Waals surface area contributed by atoms with Gasteiger partial charge in [0.1, 0.15) is 0 Å². The lowest BCUT2D eigenvalue weighted by atomic mass is 10.3. The van der Waals surface area contributed by atoms with Crippen LogP contribution in [0.3, 0.4) is 0 Å². The number of rotatable bonds is 6. The average Bonchev–Trinajstić information content (AvgIpc) is 1.98. The number of aliphatic imine (C=N–C) groups is 1. The molecule has 4 heteroatoms. The van der Waals surface area contributed by atoms with E-state index in [-0.39, 0.29) is 0 Å². The molecule has 0 spiro atoms. The molecule has 1 unspecified atom stereocenters. The molecule has 0 aliphatic carbocycles. The summed E-state index contributed by atoms with van der Waals surface area (Å²) >= 11 is 0. The second-order valence-electron chi connectivity index (χ2n) is 2.75. The van der Waals surface area contributed by atoms with Crippen LogP contribution in [0.2, 0.25) is 0 Å². The highest BCUT2D eigenvalue weighted by Crippen LogP contribution is 1.89. The van der Waals surface area contributed by atoms with Gasteiger partial charge in [-0.2, -0.15) is 0 Å². The first-order valence-electron chi connectivity index (χ1n) is 4.25. The summed E-state index contributed by atoms with van der Waals surface area (Å²) in [4.78, 5) is 4.15. The molecule has 0 bridgehead atoms. The topological polar surface area (TPSA) is 55.4 Å². The Kier molecular flexibility index (Phi) is 7.05. The van der Waals surface area contributed by atoms with Gasteiger partial charge in [0.25, 0.3) is 0 Å². The van der Waals surface area contributed by atoms with Gasteiger partial charge in [0.2, 0.25) is 0 Å². The molecule has 0 aromatic rings. The van der Waals surface area contributed by atoms with Gasteiger partial charge in [-0.05, 0) is 12.8 Å². The summed E-state index contributed by atoms with van der Waals surface area (Å²) in [5, 5.41) is 0. The van der Waals surface area contributed by atoms with Gasteiger partial charge in [-0.3, -0.25) is 9.20 Å². The number of nitrogens with zero attached hydrogens (tertiary/aromatic N) is 1. The van der Waals surface area contributed by atoms with Crippen LogP contribution >= 0.6 is 0 Å². The van der Waals surface area contributed by atoms with Crippen molar-refractivity contribution < 1.29 is 4.21 Å². The molecule has 0 aromatic heterocycles. The third-order valence-electron chi connectivity index (χ3n) is 1.41. The van der Waals surface area contributed by atoms with E-state index < -0.39 is 10.8 Å². The molecule has 0 aromatic carbocycles. The van der Waals surface area contributed by atoms with Crippen molar-refractivity contribution in [3.8, 4) is 0 Å². The van der Waals surface area contributed by atoms with Gasteiger partial charge in [-0.15, -0.1) is 0 Å². The van der Waals surface area contributed by atoms with Crippen LogP contribution in [-0.4, -0.2) is 28.6 Å². The van der Waals surface area contributed by atoms with Crippen molar-refractivity contribution >= 4 is 16.6 Å². The van der Waals surface area contributed by atoms with E-state index in [1.54, 1.807) is 6.26 Å². The fraction of sp³-hybridized carbons (Fsp3) is 0.875. The van der Waals surface area contributed by atoms with E-state index in [1.807, 2.05) is 0 Å². The Labute approximate surface area is 76.9 Å². The Morgan fingerprint density at radius 2 is 2.25 bits per heavy atom. The van der Waals surface area contributed by atoms with Crippen LogP contribution in [0.4, 0.5) is 0 Å². The summed E-state index contributed by atoms with van der Waals surface area (Å²) in [6.07, 6.45) is 4.48. The minimum absolute atomic E-state index is 0.694. The first-order valence-corrected chi connectivity index (χ1v) is 5.98. The Bertz CT molecular complexity index is 168. The van der Waals surface area contributed by atoms with Crippen LogP contribution in [0.1, 0.15) is 26.2 Å². The first kappa shape index (κ1) is 11.6. The minimum Gasteiger partial charge on any atom is -0.387 e. The molecule has 0 aliphatic rings. The van der Waals surface area contributed by atoms with Crippen LogP contribution in [0, 0.1) is 0 Å². The van der Waals surface area contributed by atoms with Crippen LogP contribution in [0.15, 0.2) is 4.99 Å². The van der Waals surface area contributed by atoms with Crippen molar-refractivity contribution in [3.63, 3.8) is 0 Å². The smallest absolute Gasteiger partial charge is 0.0936 e. The molecule has 12 heavy (non-hydrogen) atoms. The predicted octanol–water partition coefficient (Wildman–Crippen LogP) is 0.912. The Hall–Kier alpha value is -0.380. The minimum atomic E-state index is -0.694. The maximum Gasteiger partial charge on any atom is 0.0936 e. The molecular weight excluding hydrogens is 172 g/mol. The van der Waals surface area contributed by atoms with Crippen LogP contribution in [-0.2, 0) is 10.8 Å². The number of nitrogens with two attached hydrogens (primary N) is 1. The quantitative estimate of drug-likeness (QED) is 0.384. The fourth-order valence-corrected chi connectivity index (χ4v) is 1.36. The third kappa shape index (κ3) is 7.72. The lowest BCUT2D eigenvalue weighted by molar-refractivity contribution is 0.684. The van der Waals surface area contributed by atoms with Crippen molar-refractivity contribution in [3.05, 3.63) is 0 Å². The summed E-state index contributed by atoms with van der Waals surface area (Å²) in [5.74, 6) is 1.45. The van der Waals surface area contributed by atoms with Crippen molar-refractivity contribution in [2.45, 2.75) is 26.2 Å². The SMILES string of the molecule is CCCC(N)=NCCCS(C)=O. The highest BCUT2D eigenvalue weighted by atomic mass is 32.2. The third-order valence-corrected chi connectivity index (χ3v) is 2.27. The van der Waals surface area contributed by atoms with Crippen molar-refractivity contribution in [2.75, 3.05) is 18.6 Å². The molecule has 0 radical (unpaired) electrons. The van der Waals surface area contributed by atoms with Gasteiger partial charge in [-0.1, -0.05) is 6.92 Å². The molecule has 72 valence electrons. The van der Waals surface area contributed by atoms with Crippen molar-refractivity contribution in [1.82, 2.24) is 0 Å². The van der Waals surface area contributed by atoms with Gasteiger partial charge < -0.3 is 5.73 Å².